The van der Waals surface area contributed by atoms with E-state index in [-0.39, 0.29) is 17.8 Å². The van der Waals surface area contributed by atoms with Gasteiger partial charge >= 0.3 is 6.18 Å². The van der Waals surface area contributed by atoms with Crippen molar-refractivity contribution in [2.75, 3.05) is 0 Å². The minimum atomic E-state index is -4.48. The molecule has 6 heteroatoms. The summed E-state index contributed by atoms with van der Waals surface area (Å²) in [7, 11) is 0. The lowest BCUT2D eigenvalue weighted by atomic mass is 10.0. The standard InChI is InChI=1S/C13H11F3N2O/c14-13(15,16)10-4-2-1-3-9(10)11-5-8(7-17)6-12(19)18-11/h1-6H,7,17H2,(H,18,19). The first-order valence-corrected chi connectivity index (χ1v) is 5.51. The van der Waals surface area contributed by atoms with Crippen molar-refractivity contribution in [2.45, 2.75) is 12.7 Å². The van der Waals surface area contributed by atoms with Gasteiger partial charge in [0.1, 0.15) is 0 Å². The maximum absolute atomic E-state index is 12.9. The number of nitrogens with two attached hydrogens (primary N) is 1. The second-order valence-electron chi connectivity index (χ2n) is 4.01. The number of alkyl halides is 3. The summed E-state index contributed by atoms with van der Waals surface area (Å²) >= 11 is 0. The Hall–Kier alpha value is -2.08. The van der Waals surface area contributed by atoms with E-state index in [9.17, 15) is 18.0 Å². The normalized spacial score (nSPS) is 11.6. The van der Waals surface area contributed by atoms with Gasteiger partial charge in [0, 0.05) is 23.9 Å². The average Bonchev–Trinajstić information content (AvgIpc) is 2.37. The molecule has 0 saturated carbocycles. The number of benzene rings is 1. The fraction of sp³-hybridized carbons (Fsp3) is 0.154. The first-order chi connectivity index (χ1) is 8.91. The van der Waals surface area contributed by atoms with Crippen LogP contribution in [-0.4, -0.2) is 4.98 Å². The fourth-order valence-electron chi connectivity index (χ4n) is 1.83. The van der Waals surface area contributed by atoms with Crippen molar-refractivity contribution in [1.82, 2.24) is 4.98 Å². The Morgan fingerprint density at radius 2 is 1.84 bits per heavy atom. The molecule has 2 rings (SSSR count). The molecular weight excluding hydrogens is 257 g/mol. The molecule has 100 valence electrons. The minimum Gasteiger partial charge on any atom is -0.326 e. The summed E-state index contributed by atoms with van der Waals surface area (Å²) in [5, 5.41) is 0. The van der Waals surface area contributed by atoms with Crippen LogP contribution in [0.5, 0.6) is 0 Å². The summed E-state index contributed by atoms with van der Waals surface area (Å²) < 4.78 is 38.7. The number of hydrogen-bond donors (Lipinski definition) is 2. The molecule has 1 aromatic carbocycles. The van der Waals surface area contributed by atoms with Crippen LogP contribution in [0.4, 0.5) is 13.2 Å². The van der Waals surface area contributed by atoms with E-state index in [4.69, 9.17) is 5.73 Å². The van der Waals surface area contributed by atoms with Gasteiger partial charge in [-0.25, -0.2) is 0 Å². The molecule has 1 aromatic heterocycles. The summed E-state index contributed by atoms with van der Waals surface area (Å²) in [6.07, 6.45) is -4.48. The van der Waals surface area contributed by atoms with E-state index >= 15 is 0 Å². The lowest BCUT2D eigenvalue weighted by Gasteiger charge is -2.13. The Balaban J connectivity index is 2.66. The Bertz CT molecular complexity index is 647. The third-order valence-electron chi connectivity index (χ3n) is 2.66. The first-order valence-electron chi connectivity index (χ1n) is 5.51. The van der Waals surface area contributed by atoms with Crippen LogP contribution < -0.4 is 11.3 Å². The van der Waals surface area contributed by atoms with E-state index in [1.165, 1.54) is 30.3 Å². The third kappa shape index (κ3) is 2.85. The van der Waals surface area contributed by atoms with Gasteiger partial charge < -0.3 is 10.7 Å². The van der Waals surface area contributed by atoms with Gasteiger partial charge in [-0.05, 0) is 17.7 Å². The fourth-order valence-corrected chi connectivity index (χ4v) is 1.83. The van der Waals surface area contributed by atoms with Gasteiger partial charge in [-0.15, -0.1) is 0 Å². The maximum atomic E-state index is 12.9. The highest BCUT2D eigenvalue weighted by Crippen LogP contribution is 2.36. The van der Waals surface area contributed by atoms with Gasteiger partial charge in [-0.2, -0.15) is 13.2 Å². The van der Waals surface area contributed by atoms with Gasteiger partial charge in [0.05, 0.1) is 5.56 Å². The molecule has 0 bridgehead atoms. The Morgan fingerprint density at radius 1 is 1.16 bits per heavy atom. The predicted octanol–water partition coefficient (Wildman–Crippen LogP) is 2.52. The number of H-pyrrole nitrogens is 1. The minimum absolute atomic E-state index is 0.0672. The number of aromatic amines is 1. The van der Waals surface area contributed by atoms with Crippen LogP contribution in [0.3, 0.4) is 0 Å². The number of pyridine rings is 1. The lowest BCUT2D eigenvalue weighted by Crippen LogP contribution is -2.12. The van der Waals surface area contributed by atoms with Crippen LogP contribution in [0.15, 0.2) is 41.2 Å². The van der Waals surface area contributed by atoms with E-state index in [2.05, 4.69) is 4.98 Å². The van der Waals surface area contributed by atoms with Crippen LogP contribution in [0.1, 0.15) is 11.1 Å². The number of hydrogen-bond acceptors (Lipinski definition) is 2. The van der Waals surface area contributed by atoms with Crippen LogP contribution >= 0.6 is 0 Å². The van der Waals surface area contributed by atoms with Gasteiger partial charge in [0.2, 0.25) is 5.56 Å². The van der Waals surface area contributed by atoms with Crippen molar-refractivity contribution in [1.29, 1.82) is 0 Å². The number of aromatic nitrogens is 1. The third-order valence-corrected chi connectivity index (χ3v) is 2.66. The molecule has 0 amide bonds. The molecule has 3 nitrogen and oxygen atoms in total. The lowest BCUT2D eigenvalue weighted by molar-refractivity contribution is -0.137. The smallest absolute Gasteiger partial charge is 0.326 e. The van der Waals surface area contributed by atoms with E-state index < -0.39 is 17.3 Å². The summed E-state index contributed by atoms with van der Waals surface area (Å²) in [6, 6.07) is 7.79. The topological polar surface area (TPSA) is 58.9 Å². The molecule has 1 heterocycles. The van der Waals surface area contributed by atoms with E-state index in [0.29, 0.717) is 5.56 Å². The number of rotatable bonds is 2. The Kier molecular flexibility index (Phi) is 3.44. The monoisotopic (exact) mass is 268 g/mol. The second-order valence-corrected chi connectivity index (χ2v) is 4.01. The maximum Gasteiger partial charge on any atom is 0.417 e. The molecule has 0 atom stereocenters. The highest BCUT2D eigenvalue weighted by molar-refractivity contribution is 5.64. The van der Waals surface area contributed by atoms with Gasteiger partial charge in [-0.1, -0.05) is 18.2 Å². The molecule has 0 aliphatic carbocycles. The highest BCUT2D eigenvalue weighted by Gasteiger charge is 2.33. The van der Waals surface area contributed by atoms with E-state index in [0.717, 1.165) is 6.07 Å². The zero-order valence-electron chi connectivity index (χ0n) is 9.79. The summed E-state index contributed by atoms with van der Waals surface area (Å²) in [5.74, 6) is 0. The molecule has 0 aliphatic heterocycles. The van der Waals surface area contributed by atoms with Gasteiger partial charge in [0.15, 0.2) is 0 Å². The highest BCUT2D eigenvalue weighted by atomic mass is 19.4. The average molecular weight is 268 g/mol. The predicted molar refractivity (Wildman–Crippen MR) is 65.4 cm³/mol. The summed E-state index contributed by atoms with van der Waals surface area (Å²) in [5.41, 5.74) is 4.67. The quantitative estimate of drug-likeness (QED) is 0.879. The van der Waals surface area contributed by atoms with Crippen molar-refractivity contribution in [3.8, 4) is 11.3 Å². The SMILES string of the molecule is NCc1cc(-c2ccccc2C(F)(F)F)[nH]c(=O)c1. The van der Waals surface area contributed by atoms with Crippen molar-refractivity contribution in [2.24, 2.45) is 5.73 Å². The zero-order chi connectivity index (χ0) is 14.0. The molecular formula is C13H11F3N2O. The van der Waals surface area contributed by atoms with Gasteiger partial charge in [0.25, 0.3) is 0 Å². The molecule has 0 saturated heterocycles. The number of nitrogens with one attached hydrogen (secondary N) is 1. The van der Waals surface area contributed by atoms with Crippen LogP contribution in [0.25, 0.3) is 11.3 Å². The molecule has 0 unspecified atom stereocenters. The second kappa shape index (κ2) is 4.89. The van der Waals surface area contributed by atoms with E-state index in [1.807, 2.05) is 0 Å². The molecule has 0 fully saturated rings. The van der Waals surface area contributed by atoms with Crippen LogP contribution in [0, 0.1) is 0 Å². The number of halogens is 3. The Labute approximate surface area is 106 Å². The van der Waals surface area contributed by atoms with Crippen molar-refractivity contribution >= 4 is 0 Å². The van der Waals surface area contributed by atoms with Crippen LogP contribution in [0.2, 0.25) is 0 Å². The molecule has 0 spiro atoms. The van der Waals surface area contributed by atoms with Crippen LogP contribution in [-0.2, 0) is 12.7 Å². The molecule has 0 aliphatic rings. The summed E-state index contributed by atoms with van der Waals surface area (Å²) in [6.45, 7) is 0.0884. The van der Waals surface area contributed by atoms with E-state index in [1.54, 1.807) is 0 Å². The van der Waals surface area contributed by atoms with Crippen molar-refractivity contribution in [3.05, 3.63) is 57.9 Å². The molecule has 19 heavy (non-hydrogen) atoms. The summed E-state index contributed by atoms with van der Waals surface area (Å²) in [4.78, 5) is 13.8. The van der Waals surface area contributed by atoms with Crippen molar-refractivity contribution < 1.29 is 13.2 Å². The van der Waals surface area contributed by atoms with Gasteiger partial charge in [-0.3, -0.25) is 4.79 Å². The molecule has 2 aromatic rings. The molecule has 3 N–H and O–H groups in total. The Morgan fingerprint density at radius 3 is 2.47 bits per heavy atom. The first kappa shape index (κ1) is 13.4. The largest absolute Gasteiger partial charge is 0.417 e. The van der Waals surface area contributed by atoms with Crippen molar-refractivity contribution in [3.63, 3.8) is 0 Å². The zero-order valence-corrected chi connectivity index (χ0v) is 9.79. The molecule has 0 radical (unpaired) electrons.